The first-order valence-corrected chi connectivity index (χ1v) is 9.31. The van der Waals surface area contributed by atoms with Gasteiger partial charge in [-0.15, -0.1) is 0 Å². The van der Waals surface area contributed by atoms with Crippen LogP contribution in [0.3, 0.4) is 0 Å². The number of carbonyl (C=O) groups excluding carboxylic acids is 2. The molecule has 3 rings (SSSR count). The molecule has 0 aromatic carbocycles. The lowest BCUT2D eigenvalue weighted by Gasteiger charge is -2.29. The van der Waals surface area contributed by atoms with Gasteiger partial charge in [0, 0.05) is 12.0 Å². The minimum atomic E-state index is -3.50. The molecule has 1 heterocycles. The lowest BCUT2D eigenvalue weighted by atomic mass is 9.86. The van der Waals surface area contributed by atoms with Crippen LogP contribution in [0.15, 0.2) is 12.7 Å². The molecule has 2 saturated carbocycles. The van der Waals surface area contributed by atoms with Crippen molar-refractivity contribution in [3.05, 3.63) is 12.7 Å². The molecule has 6 atom stereocenters. The van der Waals surface area contributed by atoms with E-state index in [4.69, 9.17) is 13.7 Å². The summed E-state index contributed by atoms with van der Waals surface area (Å²) >= 11 is 0. The second-order valence-electron chi connectivity index (χ2n) is 6.31. The Kier molecular flexibility index (Phi) is 4.67. The van der Waals surface area contributed by atoms with Crippen molar-refractivity contribution in [2.45, 2.75) is 30.8 Å². The molecule has 6 unspecified atom stereocenters. The SMILES string of the molecule is C=CC(=O)OCC(=O)OCCOC1C2CC3C1OS(=O)(=O)C3C2C. The van der Waals surface area contributed by atoms with Crippen LogP contribution in [-0.4, -0.2) is 57.6 Å². The minimum Gasteiger partial charge on any atom is -0.461 e. The summed E-state index contributed by atoms with van der Waals surface area (Å²) in [4.78, 5) is 22.2. The maximum atomic E-state index is 12.0. The summed E-state index contributed by atoms with van der Waals surface area (Å²) in [6.07, 6.45) is 1.02. The lowest BCUT2D eigenvalue weighted by Crippen LogP contribution is -2.41. The van der Waals surface area contributed by atoms with Gasteiger partial charge in [-0.25, -0.2) is 9.59 Å². The molecule has 2 aliphatic carbocycles. The summed E-state index contributed by atoms with van der Waals surface area (Å²) < 4.78 is 44.4. The molecular formula is C15H20O8S. The Balaban J connectivity index is 1.43. The Morgan fingerprint density at radius 1 is 1.25 bits per heavy atom. The van der Waals surface area contributed by atoms with Crippen molar-refractivity contribution in [1.29, 1.82) is 0 Å². The maximum Gasteiger partial charge on any atom is 0.344 e. The Labute approximate surface area is 140 Å². The predicted molar refractivity (Wildman–Crippen MR) is 80.2 cm³/mol. The maximum absolute atomic E-state index is 12.0. The zero-order valence-electron chi connectivity index (χ0n) is 13.3. The van der Waals surface area contributed by atoms with E-state index in [1.54, 1.807) is 0 Å². The van der Waals surface area contributed by atoms with Crippen molar-refractivity contribution in [3.63, 3.8) is 0 Å². The van der Waals surface area contributed by atoms with Crippen LogP contribution in [0, 0.1) is 17.8 Å². The first-order chi connectivity index (χ1) is 11.3. The number of esters is 2. The predicted octanol–water partition coefficient (Wildman–Crippen LogP) is 0.0270. The fraction of sp³-hybridized carbons (Fsp3) is 0.733. The zero-order chi connectivity index (χ0) is 17.5. The molecule has 0 aromatic heterocycles. The van der Waals surface area contributed by atoms with Gasteiger partial charge in [-0.3, -0.25) is 4.18 Å². The second-order valence-corrected chi connectivity index (χ2v) is 8.03. The minimum absolute atomic E-state index is 0.000802. The molecule has 3 fully saturated rings. The van der Waals surface area contributed by atoms with E-state index in [1.807, 2.05) is 6.92 Å². The van der Waals surface area contributed by atoms with E-state index in [1.165, 1.54) is 0 Å². The van der Waals surface area contributed by atoms with Crippen LogP contribution in [0.5, 0.6) is 0 Å². The summed E-state index contributed by atoms with van der Waals surface area (Å²) in [7, 11) is -3.50. The molecule has 0 radical (unpaired) electrons. The van der Waals surface area contributed by atoms with Crippen LogP contribution in [0.4, 0.5) is 0 Å². The van der Waals surface area contributed by atoms with Gasteiger partial charge in [0.05, 0.1) is 18.0 Å². The first-order valence-electron chi connectivity index (χ1n) is 7.83. The van der Waals surface area contributed by atoms with E-state index in [2.05, 4.69) is 11.3 Å². The van der Waals surface area contributed by atoms with Crippen LogP contribution in [0.25, 0.3) is 0 Å². The van der Waals surface area contributed by atoms with Crippen LogP contribution in [-0.2, 0) is 38.1 Å². The Morgan fingerprint density at radius 3 is 2.71 bits per heavy atom. The summed E-state index contributed by atoms with van der Waals surface area (Å²) in [5.41, 5.74) is 0. The number of ether oxygens (including phenoxy) is 3. The number of hydrogen-bond acceptors (Lipinski definition) is 8. The standard InChI is InChI=1S/C15H20O8S/c1-3-11(16)22-7-12(17)20-4-5-21-13-9-6-10-14(13)23-24(18,19)15(10)8(9)2/h3,8-10,13-15H,1,4-7H2,2H3. The van der Waals surface area contributed by atoms with Crippen molar-refractivity contribution >= 4 is 22.1 Å². The van der Waals surface area contributed by atoms with Crippen LogP contribution in [0.2, 0.25) is 0 Å². The quantitative estimate of drug-likeness (QED) is 0.271. The summed E-state index contributed by atoms with van der Waals surface area (Å²) in [5, 5.41) is -0.412. The molecule has 1 saturated heterocycles. The fourth-order valence-electron chi connectivity index (χ4n) is 4.15. The van der Waals surface area contributed by atoms with Gasteiger partial charge in [-0.05, 0) is 18.3 Å². The van der Waals surface area contributed by atoms with Gasteiger partial charge in [0.15, 0.2) is 6.61 Å². The molecular weight excluding hydrogens is 340 g/mol. The lowest BCUT2D eigenvalue weighted by molar-refractivity contribution is -0.158. The third-order valence-corrected chi connectivity index (χ3v) is 7.00. The van der Waals surface area contributed by atoms with E-state index in [0.29, 0.717) is 0 Å². The highest BCUT2D eigenvalue weighted by atomic mass is 32.2. The molecule has 9 heteroatoms. The highest BCUT2D eigenvalue weighted by molar-refractivity contribution is 7.87. The van der Waals surface area contributed by atoms with Crippen LogP contribution < -0.4 is 0 Å². The van der Waals surface area contributed by atoms with Gasteiger partial charge < -0.3 is 14.2 Å². The summed E-state index contributed by atoms with van der Waals surface area (Å²) in [5.74, 6) is -1.24. The number of carbonyl (C=O) groups is 2. The van der Waals surface area contributed by atoms with Gasteiger partial charge >= 0.3 is 11.9 Å². The van der Waals surface area contributed by atoms with Gasteiger partial charge in [0.2, 0.25) is 0 Å². The normalized spacial score (nSPS) is 38.0. The highest BCUT2D eigenvalue weighted by Crippen LogP contribution is 2.58. The van der Waals surface area contributed by atoms with E-state index in [0.717, 1.165) is 12.5 Å². The molecule has 0 spiro atoms. The van der Waals surface area contributed by atoms with Crippen molar-refractivity contribution in [3.8, 4) is 0 Å². The Hall–Kier alpha value is -1.45. The first kappa shape index (κ1) is 17.4. The molecule has 1 aliphatic heterocycles. The van der Waals surface area contributed by atoms with Crippen molar-refractivity contribution < 1.29 is 36.4 Å². The monoisotopic (exact) mass is 360 g/mol. The molecule has 0 aromatic rings. The Bertz CT molecular complexity index is 642. The van der Waals surface area contributed by atoms with E-state index >= 15 is 0 Å². The van der Waals surface area contributed by atoms with Crippen molar-refractivity contribution in [2.24, 2.45) is 17.8 Å². The summed E-state index contributed by atoms with van der Waals surface area (Å²) in [6.45, 7) is 4.77. The number of hydrogen-bond donors (Lipinski definition) is 0. The molecule has 134 valence electrons. The van der Waals surface area contributed by atoms with E-state index < -0.39 is 40.0 Å². The molecule has 24 heavy (non-hydrogen) atoms. The average molecular weight is 360 g/mol. The van der Waals surface area contributed by atoms with Gasteiger partial charge in [0.1, 0.15) is 12.7 Å². The second kappa shape index (κ2) is 6.45. The van der Waals surface area contributed by atoms with Crippen molar-refractivity contribution in [2.75, 3.05) is 19.8 Å². The molecule has 3 aliphatic rings. The molecule has 0 N–H and O–H groups in total. The molecule has 8 nitrogen and oxygen atoms in total. The fourth-order valence-corrected chi connectivity index (χ4v) is 6.26. The van der Waals surface area contributed by atoms with Crippen LogP contribution in [0.1, 0.15) is 13.3 Å². The topological polar surface area (TPSA) is 105 Å². The third kappa shape index (κ3) is 2.96. The van der Waals surface area contributed by atoms with Gasteiger partial charge in [0.25, 0.3) is 10.1 Å². The van der Waals surface area contributed by atoms with E-state index in [-0.39, 0.29) is 37.1 Å². The van der Waals surface area contributed by atoms with Crippen molar-refractivity contribution in [1.82, 2.24) is 0 Å². The average Bonchev–Trinajstić information content (AvgIpc) is 3.10. The molecule has 0 amide bonds. The smallest absolute Gasteiger partial charge is 0.344 e. The van der Waals surface area contributed by atoms with Gasteiger partial charge in [-0.1, -0.05) is 13.5 Å². The highest BCUT2D eigenvalue weighted by Gasteiger charge is 2.67. The Morgan fingerprint density at radius 2 is 2.00 bits per heavy atom. The van der Waals surface area contributed by atoms with E-state index in [9.17, 15) is 18.0 Å². The number of rotatable bonds is 7. The molecule has 2 bridgehead atoms. The van der Waals surface area contributed by atoms with Crippen LogP contribution >= 0.6 is 0 Å². The largest absolute Gasteiger partial charge is 0.461 e. The third-order valence-electron chi connectivity index (χ3n) is 5.06. The van der Waals surface area contributed by atoms with Gasteiger partial charge in [-0.2, -0.15) is 8.42 Å². The zero-order valence-corrected chi connectivity index (χ0v) is 14.1. The summed E-state index contributed by atoms with van der Waals surface area (Å²) in [6, 6.07) is 0. The number of fused-ring (bicyclic) bond motifs is 1.